The zero-order valence-electron chi connectivity index (χ0n) is 9.72. The first-order valence-electron chi connectivity index (χ1n) is 5.35. The van der Waals surface area contributed by atoms with Crippen LogP contribution in [0.4, 0.5) is 5.69 Å². The van der Waals surface area contributed by atoms with Crippen molar-refractivity contribution in [1.29, 1.82) is 0 Å². The Morgan fingerprint density at radius 3 is 2.78 bits per heavy atom. The van der Waals surface area contributed by atoms with Gasteiger partial charge in [-0.2, -0.15) is 0 Å². The van der Waals surface area contributed by atoms with Gasteiger partial charge in [0.15, 0.2) is 0 Å². The summed E-state index contributed by atoms with van der Waals surface area (Å²) in [6.45, 7) is 1.66. The highest BCUT2D eigenvalue weighted by atomic mass is 79.9. The molecule has 0 bridgehead atoms. The largest absolute Gasteiger partial charge is 0.394 e. The number of hydrogen-bond donors (Lipinski definition) is 2. The van der Waals surface area contributed by atoms with Crippen LogP contribution in [0.25, 0.3) is 0 Å². The van der Waals surface area contributed by atoms with Crippen LogP contribution in [0.2, 0.25) is 0 Å². The number of nitro benzene ring substituents is 1. The van der Waals surface area contributed by atoms with Gasteiger partial charge in [-0.3, -0.25) is 14.9 Å². The van der Waals surface area contributed by atoms with Crippen molar-refractivity contribution >= 4 is 27.5 Å². The summed E-state index contributed by atoms with van der Waals surface area (Å²) >= 11 is 3.04. The van der Waals surface area contributed by atoms with Crippen molar-refractivity contribution in [3.8, 4) is 0 Å². The lowest BCUT2D eigenvalue weighted by Gasteiger charge is -2.13. The third-order valence-corrected chi connectivity index (χ3v) is 3.12. The topological polar surface area (TPSA) is 92.5 Å². The Kier molecular flexibility index (Phi) is 5.24. The lowest BCUT2D eigenvalue weighted by Crippen LogP contribution is -2.36. The quantitative estimate of drug-likeness (QED) is 0.640. The van der Waals surface area contributed by atoms with Crippen LogP contribution in [-0.4, -0.2) is 28.6 Å². The minimum Gasteiger partial charge on any atom is -0.394 e. The zero-order valence-corrected chi connectivity index (χ0v) is 11.3. The van der Waals surface area contributed by atoms with Crippen LogP contribution >= 0.6 is 15.9 Å². The number of nitrogens with zero attached hydrogens (tertiary/aromatic N) is 1. The van der Waals surface area contributed by atoms with E-state index in [1.54, 1.807) is 0 Å². The molecule has 0 saturated carbocycles. The SMILES string of the molecule is CC[C@@H](CO)NC(=O)c1ccc(Br)c([N+](=O)[O-])c1. The van der Waals surface area contributed by atoms with Crippen molar-refractivity contribution in [2.45, 2.75) is 19.4 Å². The van der Waals surface area contributed by atoms with Gasteiger partial charge in [0.2, 0.25) is 0 Å². The molecule has 1 amide bonds. The van der Waals surface area contributed by atoms with Crippen LogP contribution in [0.1, 0.15) is 23.7 Å². The Hall–Kier alpha value is -1.47. The molecule has 7 heteroatoms. The number of nitrogens with one attached hydrogen (secondary N) is 1. The molecule has 1 atom stereocenters. The molecule has 0 radical (unpaired) electrons. The molecule has 98 valence electrons. The van der Waals surface area contributed by atoms with E-state index in [0.717, 1.165) is 0 Å². The highest BCUT2D eigenvalue weighted by Gasteiger charge is 2.17. The molecule has 0 spiro atoms. The van der Waals surface area contributed by atoms with Crippen molar-refractivity contribution in [3.05, 3.63) is 38.3 Å². The van der Waals surface area contributed by atoms with Crippen LogP contribution in [0.15, 0.2) is 22.7 Å². The third-order valence-electron chi connectivity index (χ3n) is 2.45. The average molecular weight is 317 g/mol. The maximum Gasteiger partial charge on any atom is 0.284 e. The summed E-state index contributed by atoms with van der Waals surface area (Å²) in [5, 5.41) is 22.3. The Morgan fingerprint density at radius 2 is 2.28 bits per heavy atom. The minimum absolute atomic E-state index is 0.166. The van der Waals surface area contributed by atoms with E-state index in [1.165, 1.54) is 18.2 Å². The molecule has 6 nitrogen and oxygen atoms in total. The molecule has 0 aliphatic carbocycles. The van der Waals surface area contributed by atoms with E-state index < -0.39 is 10.8 Å². The number of carbonyl (C=O) groups excluding carboxylic acids is 1. The lowest BCUT2D eigenvalue weighted by atomic mass is 10.1. The summed E-state index contributed by atoms with van der Waals surface area (Å²) < 4.78 is 0.318. The second-order valence-electron chi connectivity index (χ2n) is 3.68. The van der Waals surface area contributed by atoms with Crippen molar-refractivity contribution in [2.24, 2.45) is 0 Å². The van der Waals surface area contributed by atoms with Crippen LogP contribution in [0.5, 0.6) is 0 Å². The van der Waals surface area contributed by atoms with Crippen molar-refractivity contribution < 1.29 is 14.8 Å². The lowest BCUT2D eigenvalue weighted by molar-refractivity contribution is -0.385. The predicted molar refractivity (Wildman–Crippen MR) is 69.4 cm³/mol. The van der Waals surface area contributed by atoms with Crippen LogP contribution in [0, 0.1) is 10.1 Å². The molecule has 0 fully saturated rings. The van der Waals surface area contributed by atoms with Gasteiger partial charge >= 0.3 is 0 Å². The number of amides is 1. The second-order valence-corrected chi connectivity index (χ2v) is 4.54. The Labute approximate surface area is 112 Å². The molecule has 0 aromatic heterocycles. The van der Waals surface area contributed by atoms with Gasteiger partial charge in [-0.15, -0.1) is 0 Å². The summed E-state index contributed by atoms with van der Waals surface area (Å²) in [5.41, 5.74) is 0.0245. The van der Waals surface area contributed by atoms with Crippen molar-refractivity contribution in [2.75, 3.05) is 6.61 Å². The monoisotopic (exact) mass is 316 g/mol. The number of hydrogen-bond acceptors (Lipinski definition) is 4. The maximum atomic E-state index is 11.8. The number of carbonyl (C=O) groups is 1. The molecule has 1 aromatic rings. The van der Waals surface area contributed by atoms with E-state index in [4.69, 9.17) is 5.11 Å². The summed E-state index contributed by atoms with van der Waals surface area (Å²) in [5.74, 6) is -0.438. The normalized spacial score (nSPS) is 11.9. The molecule has 1 rings (SSSR count). The second kappa shape index (κ2) is 6.46. The van der Waals surface area contributed by atoms with E-state index >= 15 is 0 Å². The van der Waals surface area contributed by atoms with E-state index in [9.17, 15) is 14.9 Å². The molecule has 0 aliphatic rings. The van der Waals surface area contributed by atoms with E-state index in [-0.39, 0.29) is 23.9 Å². The molecule has 0 unspecified atom stereocenters. The molecular formula is C11H13BrN2O4. The number of benzene rings is 1. The van der Waals surface area contributed by atoms with E-state index in [0.29, 0.717) is 10.9 Å². The molecule has 18 heavy (non-hydrogen) atoms. The smallest absolute Gasteiger partial charge is 0.284 e. The van der Waals surface area contributed by atoms with Crippen molar-refractivity contribution in [3.63, 3.8) is 0 Å². The number of rotatable bonds is 5. The highest BCUT2D eigenvalue weighted by molar-refractivity contribution is 9.10. The number of aliphatic hydroxyl groups is 1. The van der Waals surface area contributed by atoms with Crippen LogP contribution in [0.3, 0.4) is 0 Å². The summed E-state index contributed by atoms with van der Waals surface area (Å²) in [4.78, 5) is 22.0. The fraction of sp³-hybridized carbons (Fsp3) is 0.364. The summed E-state index contributed by atoms with van der Waals surface area (Å²) in [7, 11) is 0. The molecule has 2 N–H and O–H groups in total. The number of aliphatic hydroxyl groups excluding tert-OH is 1. The fourth-order valence-electron chi connectivity index (χ4n) is 1.34. The van der Waals surface area contributed by atoms with E-state index in [2.05, 4.69) is 21.2 Å². The number of halogens is 1. The molecule has 0 heterocycles. The van der Waals surface area contributed by atoms with Gasteiger partial charge in [0, 0.05) is 11.6 Å². The van der Waals surface area contributed by atoms with Gasteiger partial charge in [-0.05, 0) is 34.5 Å². The Balaban J connectivity index is 2.93. The number of nitro groups is 1. The van der Waals surface area contributed by atoms with Crippen molar-refractivity contribution in [1.82, 2.24) is 5.32 Å². The first-order valence-corrected chi connectivity index (χ1v) is 6.14. The van der Waals surface area contributed by atoms with Gasteiger partial charge in [0.05, 0.1) is 22.0 Å². The highest BCUT2D eigenvalue weighted by Crippen LogP contribution is 2.25. The Bertz CT molecular complexity index is 460. The first-order chi connectivity index (χ1) is 8.49. The fourth-order valence-corrected chi connectivity index (χ4v) is 1.73. The maximum absolute atomic E-state index is 11.8. The summed E-state index contributed by atoms with van der Waals surface area (Å²) in [6.07, 6.45) is 0.584. The molecular weight excluding hydrogens is 304 g/mol. The molecule has 1 aromatic carbocycles. The van der Waals surface area contributed by atoms with Gasteiger partial charge in [-0.1, -0.05) is 6.92 Å². The van der Waals surface area contributed by atoms with Crippen LogP contribution < -0.4 is 5.32 Å². The third kappa shape index (κ3) is 3.51. The van der Waals surface area contributed by atoms with Gasteiger partial charge < -0.3 is 10.4 Å². The predicted octanol–water partition coefficient (Wildman–Crippen LogP) is 1.86. The molecule has 0 aliphatic heterocycles. The standard InChI is InChI=1S/C11H13BrN2O4/c1-2-8(6-15)13-11(16)7-3-4-9(12)10(5-7)14(17)18/h3-5,8,15H,2,6H2,1H3,(H,13,16)/t8-/m0/s1. The van der Waals surface area contributed by atoms with Crippen LogP contribution in [-0.2, 0) is 0 Å². The molecule has 0 saturated heterocycles. The van der Waals surface area contributed by atoms with E-state index in [1.807, 2.05) is 6.92 Å². The van der Waals surface area contributed by atoms with Gasteiger partial charge in [-0.25, -0.2) is 0 Å². The zero-order chi connectivity index (χ0) is 13.7. The summed E-state index contributed by atoms with van der Waals surface area (Å²) in [6, 6.07) is 3.78. The first kappa shape index (κ1) is 14.6. The van der Waals surface area contributed by atoms with Gasteiger partial charge in [0.25, 0.3) is 11.6 Å². The minimum atomic E-state index is -0.565. The van der Waals surface area contributed by atoms with Gasteiger partial charge in [0.1, 0.15) is 0 Å². The Morgan fingerprint density at radius 1 is 1.61 bits per heavy atom. The average Bonchev–Trinajstić information content (AvgIpc) is 2.35.